The lowest BCUT2D eigenvalue weighted by Crippen LogP contribution is -2.57. The molecule has 4 aromatic rings. The Morgan fingerprint density at radius 1 is 0.855 bits per heavy atom. The third kappa shape index (κ3) is 10.2. The number of alkyl carbamates (subject to hydrolysis) is 1. The molecule has 1 heterocycles. The Kier molecular flexibility index (Phi) is 12.9. The van der Waals surface area contributed by atoms with Crippen LogP contribution in [0.3, 0.4) is 0 Å². The summed E-state index contributed by atoms with van der Waals surface area (Å²) >= 11 is 0. The Morgan fingerprint density at radius 2 is 1.47 bits per heavy atom. The number of carbonyl (C=O) groups is 3. The summed E-state index contributed by atoms with van der Waals surface area (Å²) in [6.45, 7) is 5.11. The number of carbonyl (C=O) groups excluding carboxylic acids is 3. The number of nitrogens with one attached hydrogen (secondary N) is 2. The molecule has 0 saturated carbocycles. The summed E-state index contributed by atoms with van der Waals surface area (Å²) in [7, 11) is -2.96. The average Bonchev–Trinajstić information content (AvgIpc) is 3.14. The highest BCUT2D eigenvalue weighted by Crippen LogP contribution is 2.32. The van der Waals surface area contributed by atoms with E-state index in [-0.39, 0.29) is 59.7 Å². The van der Waals surface area contributed by atoms with Crippen LogP contribution in [-0.4, -0.2) is 80.1 Å². The fourth-order valence-electron chi connectivity index (χ4n) is 6.53. The van der Waals surface area contributed by atoms with Gasteiger partial charge in [0.1, 0.15) is 29.1 Å². The molecule has 1 fully saturated rings. The summed E-state index contributed by atoms with van der Waals surface area (Å²) in [5.74, 6) is -3.99. The number of sulfonamides is 1. The summed E-state index contributed by atoms with van der Waals surface area (Å²) in [6.07, 6.45) is -1.71. The standard InChI is InChI=1S/C40H43F3N4O7S/c1-40(2,3)54-39(50)46-21-22-47(55(51,52)31-15-6-5-7-16-31)30(25-46)19-20-32-33(43)17-10-18-34(32)44-37(48)36(45-38(49)53-4)35(26-11-8-13-28(41)23-26)27-12-9-14-29(42)24-27/h5-18,23-24,30,35-36H,19-22,25H2,1-4H3,(H,44,48)(H,45,49). The summed E-state index contributed by atoms with van der Waals surface area (Å²) in [5, 5.41) is 5.16. The van der Waals surface area contributed by atoms with Crippen LogP contribution in [0.5, 0.6) is 0 Å². The molecule has 0 aliphatic carbocycles. The first-order valence-corrected chi connectivity index (χ1v) is 19.0. The Balaban J connectivity index is 1.47. The number of ether oxygens (including phenoxy) is 2. The molecule has 0 spiro atoms. The first kappa shape index (κ1) is 40.8. The Bertz CT molecular complexity index is 2070. The van der Waals surface area contributed by atoms with Crippen molar-refractivity contribution in [1.29, 1.82) is 0 Å². The van der Waals surface area contributed by atoms with E-state index >= 15 is 4.39 Å². The van der Waals surface area contributed by atoms with Crippen molar-refractivity contribution in [2.45, 2.75) is 62.1 Å². The van der Waals surface area contributed by atoms with Crippen LogP contribution in [0.1, 0.15) is 49.8 Å². The van der Waals surface area contributed by atoms with Crippen LogP contribution in [0.25, 0.3) is 0 Å². The molecule has 2 N–H and O–H groups in total. The minimum Gasteiger partial charge on any atom is -0.453 e. The Morgan fingerprint density at radius 3 is 2.05 bits per heavy atom. The number of halogens is 3. The van der Waals surface area contributed by atoms with Gasteiger partial charge in [0.2, 0.25) is 15.9 Å². The van der Waals surface area contributed by atoms with Crippen molar-refractivity contribution in [2.75, 3.05) is 32.1 Å². The van der Waals surface area contributed by atoms with Crippen LogP contribution in [0, 0.1) is 17.5 Å². The van der Waals surface area contributed by atoms with E-state index in [1.807, 2.05) is 0 Å². The number of hydrogen-bond acceptors (Lipinski definition) is 7. The molecule has 11 nitrogen and oxygen atoms in total. The molecule has 15 heteroatoms. The van der Waals surface area contributed by atoms with Gasteiger partial charge >= 0.3 is 12.2 Å². The molecule has 2 atom stereocenters. The van der Waals surface area contributed by atoms with Crippen molar-refractivity contribution in [2.24, 2.45) is 0 Å². The van der Waals surface area contributed by atoms with Crippen LogP contribution in [-0.2, 0) is 30.7 Å². The number of methoxy groups -OCH3 is 1. The Labute approximate surface area is 318 Å². The van der Waals surface area contributed by atoms with Gasteiger partial charge in [-0.25, -0.2) is 31.2 Å². The third-order valence-corrected chi connectivity index (χ3v) is 11.0. The van der Waals surface area contributed by atoms with E-state index in [1.165, 1.54) is 75.9 Å². The molecule has 0 radical (unpaired) electrons. The number of rotatable bonds is 11. The van der Waals surface area contributed by atoms with Crippen LogP contribution < -0.4 is 10.6 Å². The fraction of sp³-hybridized carbons (Fsp3) is 0.325. The van der Waals surface area contributed by atoms with Crippen molar-refractivity contribution in [3.05, 3.63) is 131 Å². The van der Waals surface area contributed by atoms with Crippen LogP contribution in [0.15, 0.2) is 102 Å². The minimum absolute atomic E-state index is 0.0103. The maximum Gasteiger partial charge on any atom is 0.410 e. The van der Waals surface area contributed by atoms with E-state index in [9.17, 15) is 31.6 Å². The Hall–Kier alpha value is -5.41. The molecular formula is C40H43F3N4O7S. The highest BCUT2D eigenvalue weighted by Gasteiger charge is 2.39. The van der Waals surface area contributed by atoms with Crippen molar-refractivity contribution in [3.8, 4) is 0 Å². The van der Waals surface area contributed by atoms with E-state index in [2.05, 4.69) is 10.6 Å². The van der Waals surface area contributed by atoms with Gasteiger partial charge in [-0.15, -0.1) is 0 Å². The first-order chi connectivity index (χ1) is 26.1. The normalized spacial score (nSPS) is 15.6. The molecule has 4 aromatic carbocycles. The lowest BCUT2D eigenvalue weighted by molar-refractivity contribution is -0.118. The predicted molar refractivity (Wildman–Crippen MR) is 199 cm³/mol. The SMILES string of the molecule is COC(=O)NC(C(=O)Nc1cccc(F)c1CCC1CN(C(=O)OC(C)(C)C)CCN1S(=O)(=O)c1ccccc1)C(c1cccc(F)c1)c1cccc(F)c1. The number of nitrogens with zero attached hydrogens (tertiary/aromatic N) is 2. The van der Waals surface area contributed by atoms with Gasteiger partial charge in [0.25, 0.3) is 0 Å². The molecule has 55 heavy (non-hydrogen) atoms. The zero-order valence-electron chi connectivity index (χ0n) is 30.8. The van der Waals surface area contributed by atoms with E-state index in [4.69, 9.17) is 9.47 Å². The molecule has 5 rings (SSSR count). The lowest BCUT2D eigenvalue weighted by atomic mass is 9.84. The van der Waals surface area contributed by atoms with Gasteiger partial charge in [0.05, 0.1) is 12.0 Å². The van der Waals surface area contributed by atoms with E-state index in [0.717, 1.165) is 19.2 Å². The lowest BCUT2D eigenvalue weighted by Gasteiger charge is -2.41. The number of anilines is 1. The van der Waals surface area contributed by atoms with Crippen LogP contribution in [0.4, 0.5) is 28.4 Å². The number of hydrogen-bond donors (Lipinski definition) is 2. The molecule has 1 saturated heterocycles. The summed E-state index contributed by atoms with van der Waals surface area (Å²) < 4.78 is 84.2. The second kappa shape index (κ2) is 17.4. The first-order valence-electron chi connectivity index (χ1n) is 17.6. The molecule has 0 bridgehead atoms. The number of benzene rings is 4. The molecule has 1 aliphatic rings. The summed E-state index contributed by atoms with van der Waals surface area (Å²) in [4.78, 5) is 41.4. The molecule has 1 aliphatic heterocycles. The highest BCUT2D eigenvalue weighted by atomic mass is 32.2. The van der Waals surface area contributed by atoms with Crippen molar-refractivity contribution < 1.29 is 45.4 Å². The van der Waals surface area contributed by atoms with Gasteiger partial charge in [-0.1, -0.05) is 48.5 Å². The average molecular weight is 781 g/mol. The number of piperazine rings is 1. The zero-order valence-corrected chi connectivity index (χ0v) is 31.6. The largest absolute Gasteiger partial charge is 0.453 e. The fourth-order valence-corrected chi connectivity index (χ4v) is 8.18. The second-order valence-electron chi connectivity index (χ2n) is 14.0. The molecule has 0 aromatic heterocycles. The minimum atomic E-state index is -4.05. The zero-order chi connectivity index (χ0) is 39.9. The quantitative estimate of drug-likeness (QED) is 0.170. The maximum absolute atomic E-state index is 15.7. The molecular weight excluding hydrogens is 738 g/mol. The summed E-state index contributed by atoms with van der Waals surface area (Å²) in [5.41, 5.74) is -0.312. The molecule has 292 valence electrons. The van der Waals surface area contributed by atoms with Crippen LogP contribution in [0.2, 0.25) is 0 Å². The van der Waals surface area contributed by atoms with Gasteiger partial charge in [-0.2, -0.15) is 4.31 Å². The third-order valence-electron chi connectivity index (χ3n) is 9.02. The molecule has 2 unspecified atom stereocenters. The highest BCUT2D eigenvalue weighted by molar-refractivity contribution is 7.89. The topological polar surface area (TPSA) is 134 Å². The van der Waals surface area contributed by atoms with Gasteiger partial charge in [0, 0.05) is 42.8 Å². The van der Waals surface area contributed by atoms with Gasteiger partial charge in [-0.05, 0) is 93.3 Å². The van der Waals surface area contributed by atoms with E-state index in [1.54, 1.807) is 39.0 Å². The molecule has 3 amide bonds. The van der Waals surface area contributed by atoms with E-state index < -0.39 is 69.2 Å². The second-order valence-corrected chi connectivity index (χ2v) is 15.9. The van der Waals surface area contributed by atoms with Gasteiger partial charge in [-0.3, -0.25) is 4.79 Å². The smallest absolute Gasteiger partial charge is 0.410 e. The van der Waals surface area contributed by atoms with Gasteiger partial charge in [0.15, 0.2) is 0 Å². The maximum atomic E-state index is 15.7. The van der Waals surface area contributed by atoms with Crippen molar-refractivity contribution in [1.82, 2.24) is 14.5 Å². The van der Waals surface area contributed by atoms with Crippen molar-refractivity contribution in [3.63, 3.8) is 0 Å². The van der Waals surface area contributed by atoms with E-state index in [0.29, 0.717) is 0 Å². The number of amides is 3. The van der Waals surface area contributed by atoms with Crippen LogP contribution >= 0.6 is 0 Å². The predicted octanol–water partition coefficient (Wildman–Crippen LogP) is 6.84. The van der Waals surface area contributed by atoms with Gasteiger partial charge < -0.3 is 25.0 Å². The summed E-state index contributed by atoms with van der Waals surface area (Å²) in [6, 6.07) is 20.0. The van der Waals surface area contributed by atoms with Crippen molar-refractivity contribution >= 4 is 33.8 Å². The monoisotopic (exact) mass is 780 g/mol.